The van der Waals surface area contributed by atoms with Crippen LogP contribution in [0.5, 0.6) is 0 Å². The van der Waals surface area contributed by atoms with Crippen LogP contribution in [0.15, 0.2) is 18.2 Å². The number of aryl methyl sites for hydroxylation is 1. The Kier molecular flexibility index (Phi) is 4.65. The van der Waals surface area contributed by atoms with E-state index in [2.05, 4.69) is 14.9 Å². The normalized spacial score (nSPS) is 23.0. The minimum absolute atomic E-state index is 0.643. The number of benzene rings is 1. The maximum absolute atomic E-state index is 10.8. The molecule has 0 spiro atoms. The summed E-state index contributed by atoms with van der Waals surface area (Å²) in [7, 11) is 5.95. The molecular weight excluding hydrogens is 312 g/mol. The molecule has 0 saturated carbocycles. The number of β-amino-alcohol motifs (C(OH)–C–C–N with tert-alkyl or cyclic N) is 1. The second kappa shape index (κ2) is 6.40. The molecule has 2 heterocycles. The predicted octanol–water partition coefficient (Wildman–Crippen LogP) is 2.12. The Morgan fingerprint density at radius 1 is 1.39 bits per heavy atom. The van der Waals surface area contributed by atoms with Gasteiger partial charge in [0.15, 0.2) is 0 Å². The molecule has 126 valence electrons. The van der Waals surface area contributed by atoms with Crippen LogP contribution in [-0.2, 0) is 13.6 Å². The predicted molar refractivity (Wildman–Crippen MR) is 93.7 cm³/mol. The van der Waals surface area contributed by atoms with Gasteiger partial charge in [-0.05, 0) is 45.6 Å². The lowest BCUT2D eigenvalue weighted by atomic mass is 9.92. The third-order valence-electron chi connectivity index (χ3n) is 4.52. The van der Waals surface area contributed by atoms with E-state index in [0.29, 0.717) is 13.1 Å². The van der Waals surface area contributed by atoms with Gasteiger partial charge in [0, 0.05) is 32.1 Å². The summed E-state index contributed by atoms with van der Waals surface area (Å²) in [4.78, 5) is 4.34. The standard InChI is InChI=1S/C17H25ClN4O/c1-20(2)11-17(23)8-5-9-22(12-17)10-14-16-13(18)6-4-7-15(16)21(3)19-14/h4,6-7,23H,5,8-12H2,1-3H3/t17-/m1/s1. The molecule has 5 nitrogen and oxygen atoms in total. The minimum Gasteiger partial charge on any atom is -0.387 e. The second-order valence-corrected chi connectivity index (χ2v) is 7.39. The van der Waals surface area contributed by atoms with Crippen LogP contribution in [0.3, 0.4) is 0 Å². The molecule has 1 aromatic carbocycles. The Bertz CT molecular complexity index is 699. The maximum Gasteiger partial charge on any atom is 0.0900 e. The van der Waals surface area contributed by atoms with Crippen LogP contribution < -0.4 is 0 Å². The van der Waals surface area contributed by atoms with Crippen molar-refractivity contribution in [3.8, 4) is 0 Å². The van der Waals surface area contributed by atoms with Gasteiger partial charge in [0.05, 0.1) is 21.8 Å². The lowest BCUT2D eigenvalue weighted by Crippen LogP contribution is -2.52. The highest BCUT2D eigenvalue weighted by Crippen LogP contribution is 2.29. The van der Waals surface area contributed by atoms with Gasteiger partial charge in [-0.25, -0.2) is 0 Å². The van der Waals surface area contributed by atoms with Crippen molar-refractivity contribution in [2.45, 2.75) is 25.0 Å². The Hall–Kier alpha value is -1.14. The van der Waals surface area contributed by atoms with E-state index >= 15 is 0 Å². The summed E-state index contributed by atoms with van der Waals surface area (Å²) >= 11 is 6.39. The fourth-order valence-electron chi connectivity index (χ4n) is 3.73. The summed E-state index contributed by atoms with van der Waals surface area (Å²) in [6.07, 6.45) is 1.86. The van der Waals surface area contributed by atoms with Gasteiger partial charge < -0.3 is 10.0 Å². The number of halogens is 1. The summed E-state index contributed by atoms with van der Waals surface area (Å²) < 4.78 is 1.88. The van der Waals surface area contributed by atoms with Crippen LogP contribution in [0, 0.1) is 0 Å². The smallest absolute Gasteiger partial charge is 0.0900 e. The molecule has 0 radical (unpaired) electrons. The highest BCUT2D eigenvalue weighted by atomic mass is 35.5. The molecule has 1 aromatic heterocycles. The van der Waals surface area contributed by atoms with Crippen molar-refractivity contribution in [1.82, 2.24) is 19.6 Å². The van der Waals surface area contributed by atoms with E-state index in [9.17, 15) is 5.11 Å². The van der Waals surface area contributed by atoms with Crippen LogP contribution in [0.1, 0.15) is 18.5 Å². The summed E-state index contributed by atoms with van der Waals surface area (Å²) in [5, 5.41) is 17.2. The van der Waals surface area contributed by atoms with Crippen molar-refractivity contribution in [3.05, 3.63) is 28.9 Å². The Morgan fingerprint density at radius 3 is 2.91 bits per heavy atom. The first-order chi connectivity index (χ1) is 10.9. The number of piperidine rings is 1. The molecule has 3 rings (SSSR count). The molecule has 6 heteroatoms. The number of aromatic nitrogens is 2. The number of hydrogen-bond acceptors (Lipinski definition) is 4. The van der Waals surface area contributed by atoms with Crippen molar-refractivity contribution in [2.24, 2.45) is 7.05 Å². The third kappa shape index (κ3) is 3.53. The molecule has 23 heavy (non-hydrogen) atoms. The highest BCUT2D eigenvalue weighted by molar-refractivity contribution is 6.35. The fraction of sp³-hybridized carbons (Fsp3) is 0.588. The van der Waals surface area contributed by atoms with Gasteiger partial charge in [-0.15, -0.1) is 0 Å². The van der Waals surface area contributed by atoms with E-state index in [0.717, 1.165) is 47.6 Å². The molecule has 0 unspecified atom stereocenters. The molecule has 1 fully saturated rings. The van der Waals surface area contributed by atoms with Crippen molar-refractivity contribution in [3.63, 3.8) is 0 Å². The molecule has 1 saturated heterocycles. The van der Waals surface area contributed by atoms with E-state index in [1.54, 1.807) is 0 Å². The second-order valence-electron chi connectivity index (χ2n) is 6.98. The molecule has 0 amide bonds. The van der Waals surface area contributed by atoms with E-state index in [1.807, 2.05) is 44.0 Å². The lowest BCUT2D eigenvalue weighted by Gasteiger charge is -2.40. The third-order valence-corrected chi connectivity index (χ3v) is 4.83. The van der Waals surface area contributed by atoms with Gasteiger partial charge >= 0.3 is 0 Å². The van der Waals surface area contributed by atoms with Crippen LogP contribution >= 0.6 is 11.6 Å². The zero-order chi connectivity index (χ0) is 16.6. The van der Waals surface area contributed by atoms with Crippen molar-refractivity contribution in [1.29, 1.82) is 0 Å². The summed E-state index contributed by atoms with van der Waals surface area (Å²) in [5.41, 5.74) is 1.39. The van der Waals surface area contributed by atoms with Gasteiger partial charge in [0.1, 0.15) is 0 Å². The van der Waals surface area contributed by atoms with E-state index in [-0.39, 0.29) is 0 Å². The van der Waals surface area contributed by atoms with Gasteiger partial charge in [0.25, 0.3) is 0 Å². The molecular formula is C17H25ClN4O. The lowest BCUT2D eigenvalue weighted by molar-refractivity contribution is -0.0481. The average Bonchev–Trinajstić information content (AvgIpc) is 2.75. The van der Waals surface area contributed by atoms with Gasteiger partial charge in [-0.1, -0.05) is 17.7 Å². The van der Waals surface area contributed by atoms with Gasteiger partial charge in [0.2, 0.25) is 0 Å². The first-order valence-electron chi connectivity index (χ1n) is 8.07. The summed E-state index contributed by atoms with van der Waals surface area (Å²) in [6.45, 7) is 3.07. The topological polar surface area (TPSA) is 44.5 Å². The minimum atomic E-state index is -0.643. The van der Waals surface area contributed by atoms with Crippen LogP contribution in [0.4, 0.5) is 0 Å². The maximum atomic E-state index is 10.8. The Labute approximate surface area is 142 Å². The number of fused-ring (bicyclic) bond motifs is 1. The van der Waals surface area contributed by atoms with Crippen LogP contribution in [-0.4, -0.2) is 64.0 Å². The SMILES string of the molecule is CN(C)C[C@]1(O)CCCN(Cc2nn(C)c3cccc(Cl)c23)C1. The Morgan fingerprint density at radius 2 is 2.17 bits per heavy atom. The van der Waals surface area contributed by atoms with E-state index < -0.39 is 5.60 Å². The summed E-state index contributed by atoms with van der Waals surface area (Å²) in [6, 6.07) is 5.90. The quantitative estimate of drug-likeness (QED) is 0.929. The monoisotopic (exact) mass is 336 g/mol. The van der Waals surface area contributed by atoms with Crippen LogP contribution in [0.25, 0.3) is 10.9 Å². The number of likely N-dealkylation sites (tertiary alicyclic amines) is 1. The number of rotatable bonds is 4. The number of likely N-dealkylation sites (N-methyl/N-ethyl adjacent to an activating group) is 1. The van der Waals surface area contributed by atoms with E-state index in [4.69, 9.17) is 11.6 Å². The number of aliphatic hydroxyl groups is 1. The molecule has 2 aromatic rings. The van der Waals surface area contributed by atoms with Crippen molar-refractivity contribution < 1.29 is 5.11 Å². The number of nitrogens with zero attached hydrogens (tertiary/aromatic N) is 4. The van der Waals surface area contributed by atoms with Gasteiger partial charge in [-0.3, -0.25) is 9.58 Å². The number of hydrogen-bond donors (Lipinski definition) is 1. The molecule has 0 aliphatic carbocycles. The largest absolute Gasteiger partial charge is 0.387 e. The molecule has 1 atom stereocenters. The summed E-state index contributed by atoms with van der Waals surface area (Å²) in [5.74, 6) is 0. The van der Waals surface area contributed by atoms with Gasteiger partial charge in [-0.2, -0.15) is 5.10 Å². The molecule has 0 bridgehead atoms. The molecule has 1 aliphatic rings. The molecule has 1 N–H and O–H groups in total. The van der Waals surface area contributed by atoms with E-state index in [1.165, 1.54) is 0 Å². The zero-order valence-electron chi connectivity index (χ0n) is 14.1. The first kappa shape index (κ1) is 16.7. The highest BCUT2D eigenvalue weighted by Gasteiger charge is 2.34. The van der Waals surface area contributed by atoms with Crippen molar-refractivity contribution in [2.75, 3.05) is 33.7 Å². The zero-order valence-corrected chi connectivity index (χ0v) is 14.8. The van der Waals surface area contributed by atoms with Crippen molar-refractivity contribution >= 4 is 22.5 Å². The average molecular weight is 337 g/mol. The molecule has 1 aliphatic heterocycles. The first-order valence-corrected chi connectivity index (χ1v) is 8.45. The fourth-order valence-corrected chi connectivity index (χ4v) is 4.01. The van der Waals surface area contributed by atoms with Crippen LogP contribution in [0.2, 0.25) is 5.02 Å². The Balaban J connectivity index is 1.82.